The lowest BCUT2D eigenvalue weighted by molar-refractivity contribution is -0.129. The molecule has 1 heterocycles. The van der Waals surface area contributed by atoms with Gasteiger partial charge in [0.05, 0.1) is 17.1 Å². The first-order chi connectivity index (χ1) is 10.8. The molecule has 1 aromatic rings. The summed E-state index contributed by atoms with van der Waals surface area (Å²) in [4.78, 5) is 12.5. The van der Waals surface area contributed by atoms with Crippen LogP contribution in [0.2, 0.25) is 5.02 Å². The Morgan fingerprint density at radius 3 is 1.96 bits per heavy atom. The molecule has 1 aliphatic heterocycles. The van der Waals surface area contributed by atoms with Crippen molar-refractivity contribution >= 4 is 24.6 Å². The lowest BCUT2D eigenvalue weighted by atomic mass is 9.73. The van der Waals surface area contributed by atoms with Gasteiger partial charge in [-0.05, 0) is 45.4 Å². The standard InChI is InChI=1S/C18H27BClNO3/c1-16(2,3)15(22)21-14(12-8-10-13(20)11-9-12)19-23-17(4,5)18(6,7)24-19/h8-11,14H,1-7H3,(H,21,22)/t14-/m0/s1. The summed E-state index contributed by atoms with van der Waals surface area (Å²) in [6.07, 6.45) is 0. The number of rotatable bonds is 3. The van der Waals surface area contributed by atoms with Crippen molar-refractivity contribution in [2.75, 3.05) is 0 Å². The molecule has 1 atom stereocenters. The molecule has 0 aliphatic carbocycles. The van der Waals surface area contributed by atoms with Gasteiger partial charge in [-0.15, -0.1) is 0 Å². The van der Waals surface area contributed by atoms with Crippen LogP contribution in [-0.4, -0.2) is 24.2 Å². The average Bonchev–Trinajstić information content (AvgIpc) is 2.64. The van der Waals surface area contributed by atoms with Crippen molar-refractivity contribution in [3.05, 3.63) is 34.9 Å². The Hall–Kier alpha value is -1.04. The van der Waals surface area contributed by atoms with E-state index < -0.39 is 29.7 Å². The average molecular weight is 352 g/mol. The van der Waals surface area contributed by atoms with Gasteiger partial charge in [-0.1, -0.05) is 44.5 Å². The molecule has 1 aromatic carbocycles. The van der Waals surface area contributed by atoms with Crippen LogP contribution in [0.4, 0.5) is 0 Å². The van der Waals surface area contributed by atoms with Gasteiger partial charge in [0.25, 0.3) is 0 Å². The summed E-state index contributed by atoms with van der Waals surface area (Å²) in [5, 5.41) is 3.73. The summed E-state index contributed by atoms with van der Waals surface area (Å²) >= 11 is 6.00. The highest BCUT2D eigenvalue weighted by molar-refractivity contribution is 6.47. The fourth-order valence-corrected chi connectivity index (χ4v) is 2.49. The molecule has 1 N–H and O–H groups in total. The van der Waals surface area contributed by atoms with Gasteiger partial charge >= 0.3 is 7.12 Å². The maximum atomic E-state index is 12.5. The van der Waals surface area contributed by atoms with Gasteiger partial charge in [0.1, 0.15) is 0 Å². The predicted octanol–water partition coefficient (Wildman–Crippen LogP) is 4.17. The molecule has 0 unspecified atom stereocenters. The number of carbonyl (C=O) groups excluding carboxylic acids is 1. The van der Waals surface area contributed by atoms with Crippen LogP contribution in [0, 0.1) is 5.41 Å². The van der Waals surface area contributed by atoms with E-state index in [0.717, 1.165) is 5.56 Å². The quantitative estimate of drug-likeness (QED) is 0.831. The van der Waals surface area contributed by atoms with E-state index in [2.05, 4.69) is 5.32 Å². The first-order valence-corrected chi connectivity index (χ1v) is 8.63. The lowest BCUT2D eigenvalue weighted by Crippen LogP contribution is -2.45. The molecule has 132 valence electrons. The first kappa shape index (κ1) is 19.3. The second-order valence-electron chi connectivity index (χ2n) is 8.38. The number of nitrogens with one attached hydrogen (secondary N) is 1. The molecule has 0 bridgehead atoms. The molecule has 0 spiro atoms. The Labute approximate surface area is 150 Å². The zero-order valence-electron chi connectivity index (χ0n) is 15.6. The maximum Gasteiger partial charge on any atom is 0.486 e. The molecule has 1 saturated heterocycles. The van der Waals surface area contributed by atoms with Crippen LogP contribution in [0.3, 0.4) is 0 Å². The Kier molecular flexibility index (Phi) is 5.11. The van der Waals surface area contributed by atoms with Crippen LogP contribution >= 0.6 is 11.6 Å². The second kappa shape index (κ2) is 6.36. The zero-order valence-corrected chi connectivity index (χ0v) is 16.3. The molecule has 1 amide bonds. The molecule has 24 heavy (non-hydrogen) atoms. The molecule has 1 fully saturated rings. The van der Waals surface area contributed by atoms with E-state index in [9.17, 15) is 4.79 Å². The number of carbonyl (C=O) groups is 1. The number of amides is 1. The van der Waals surface area contributed by atoms with E-state index >= 15 is 0 Å². The summed E-state index contributed by atoms with van der Waals surface area (Å²) in [6, 6.07) is 7.39. The van der Waals surface area contributed by atoms with Gasteiger partial charge in [0, 0.05) is 10.4 Å². The van der Waals surface area contributed by atoms with E-state index in [1.807, 2.05) is 60.6 Å². The summed E-state index contributed by atoms with van der Waals surface area (Å²) in [6.45, 7) is 13.6. The molecular formula is C18H27BClNO3. The molecule has 6 heteroatoms. The molecule has 0 radical (unpaired) electrons. The smallest absolute Gasteiger partial charge is 0.402 e. The van der Waals surface area contributed by atoms with E-state index in [0.29, 0.717) is 5.02 Å². The Morgan fingerprint density at radius 1 is 1.08 bits per heavy atom. The van der Waals surface area contributed by atoms with E-state index in [1.165, 1.54) is 0 Å². The van der Waals surface area contributed by atoms with Crippen LogP contribution in [-0.2, 0) is 14.1 Å². The molecular weight excluding hydrogens is 324 g/mol. The Balaban J connectivity index is 2.34. The van der Waals surface area contributed by atoms with Crippen LogP contribution in [0.1, 0.15) is 60.0 Å². The van der Waals surface area contributed by atoms with Crippen LogP contribution in [0.25, 0.3) is 0 Å². The normalized spacial score (nSPS) is 20.8. The minimum Gasteiger partial charge on any atom is -0.402 e. The highest BCUT2D eigenvalue weighted by Crippen LogP contribution is 2.40. The van der Waals surface area contributed by atoms with Crippen molar-refractivity contribution in [2.45, 2.75) is 65.6 Å². The third-order valence-corrected chi connectivity index (χ3v) is 4.99. The fraction of sp³-hybridized carbons (Fsp3) is 0.611. The topological polar surface area (TPSA) is 47.6 Å². The van der Waals surface area contributed by atoms with Crippen molar-refractivity contribution < 1.29 is 14.1 Å². The lowest BCUT2D eigenvalue weighted by Gasteiger charge is -2.32. The Morgan fingerprint density at radius 2 is 1.54 bits per heavy atom. The zero-order chi connectivity index (χ0) is 18.3. The molecule has 0 saturated carbocycles. The van der Waals surface area contributed by atoms with Gasteiger partial charge in [-0.3, -0.25) is 4.79 Å². The van der Waals surface area contributed by atoms with Crippen molar-refractivity contribution in [2.24, 2.45) is 5.41 Å². The summed E-state index contributed by atoms with van der Waals surface area (Å²) < 4.78 is 12.3. The molecule has 1 aliphatic rings. The van der Waals surface area contributed by atoms with Gasteiger partial charge in [-0.25, -0.2) is 0 Å². The van der Waals surface area contributed by atoms with Crippen LogP contribution in [0.5, 0.6) is 0 Å². The van der Waals surface area contributed by atoms with Crippen LogP contribution in [0.15, 0.2) is 24.3 Å². The minimum atomic E-state index is -0.567. The maximum absolute atomic E-state index is 12.5. The van der Waals surface area contributed by atoms with Gasteiger partial charge in [-0.2, -0.15) is 0 Å². The third kappa shape index (κ3) is 3.96. The largest absolute Gasteiger partial charge is 0.486 e. The third-order valence-electron chi connectivity index (χ3n) is 4.74. The Bertz CT molecular complexity index is 592. The molecule has 2 rings (SSSR count). The fourth-order valence-electron chi connectivity index (χ4n) is 2.36. The van der Waals surface area contributed by atoms with Crippen molar-refractivity contribution in [3.8, 4) is 0 Å². The van der Waals surface area contributed by atoms with Gasteiger partial charge in [0.2, 0.25) is 5.91 Å². The predicted molar refractivity (Wildman–Crippen MR) is 97.9 cm³/mol. The SMILES string of the molecule is CC(C)(C)C(=O)N[C@H](B1OC(C)(C)C(C)(C)O1)c1ccc(Cl)cc1. The number of hydrogen-bond acceptors (Lipinski definition) is 3. The summed E-state index contributed by atoms with van der Waals surface area (Å²) in [5.41, 5.74) is -0.534. The highest BCUT2D eigenvalue weighted by Gasteiger charge is 2.54. The van der Waals surface area contributed by atoms with Crippen molar-refractivity contribution in [3.63, 3.8) is 0 Å². The first-order valence-electron chi connectivity index (χ1n) is 8.25. The van der Waals surface area contributed by atoms with E-state index in [-0.39, 0.29) is 5.91 Å². The summed E-state index contributed by atoms with van der Waals surface area (Å²) in [7, 11) is -0.567. The second-order valence-corrected chi connectivity index (χ2v) is 8.81. The number of benzene rings is 1. The highest BCUT2D eigenvalue weighted by atomic mass is 35.5. The van der Waals surface area contributed by atoms with Gasteiger partial charge < -0.3 is 14.6 Å². The monoisotopic (exact) mass is 351 g/mol. The van der Waals surface area contributed by atoms with Crippen LogP contribution < -0.4 is 5.32 Å². The van der Waals surface area contributed by atoms with Gasteiger partial charge in [0.15, 0.2) is 0 Å². The van der Waals surface area contributed by atoms with Crippen molar-refractivity contribution in [1.82, 2.24) is 5.32 Å². The van der Waals surface area contributed by atoms with E-state index in [4.69, 9.17) is 20.9 Å². The van der Waals surface area contributed by atoms with E-state index in [1.54, 1.807) is 12.1 Å². The van der Waals surface area contributed by atoms with Crippen molar-refractivity contribution in [1.29, 1.82) is 0 Å². The number of hydrogen-bond donors (Lipinski definition) is 1. The minimum absolute atomic E-state index is 0.0582. The molecule has 0 aromatic heterocycles. The number of halogens is 1. The summed E-state index contributed by atoms with van der Waals surface area (Å²) in [5.74, 6) is -0.466. The molecule has 4 nitrogen and oxygen atoms in total.